The minimum Gasteiger partial charge on any atom is -0.370 e. The lowest BCUT2D eigenvalue weighted by atomic mass is 10.4. The maximum absolute atomic E-state index is 12.0. The fraction of sp³-hybridized carbons (Fsp3) is 0.889. The second-order valence-electron chi connectivity index (χ2n) is 3.91. The van der Waals surface area contributed by atoms with Crippen molar-refractivity contribution in [2.45, 2.75) is 26.2 Å². The first kappa shape index (κ1) is 15.2. The van der Waals surface area contributed by atoms with Gasteiger partial charge in [0, 0.05) is 27.2 Å². The van der Waals surface area contributed by atoms with Crippen molar-refractivity contribution in [3.63, 3.8) is 0 Å². The van der Waals surface area contributed by atoms with Crippen LogP contribution < -0.4 is 4.72 Å². The van der Waals surface area contributed by atoms with Crippen molar-refractivity contribution in [1.82, 2.24) is 18.8 Å². The molecule has 0 aromatic rings. The molecule has 9 heteroatoms. The minimum absolute atomic E-state index is 0.320. The Morgan fingerprint density at radius 1 is 1.33 bits per heavy atom. The standard InChI is InChI=1S/C9H20N4O4S/c1-5-12-7(11(4)18(16,17)10-3)8(14)13(6-2)9(12)15/h7-8,10,14H,5-6H2,1-4H3/t7-,8+/m1/s1. The number of aliphatic hydroxyl groups excluding tert-OH is 1. The normalized spacial score (nSPS) is 25.3. The van der Waals surface area contributed by atoms with Gasteiger partial charge in [-0.05, 0) is 13.8 Å². The Balaban J connectivity index is 3.10. The Morgan fingerprint density at radius 2 is 1.83 bits per heavy atom. The number of aliphatic hydroxyl groups is 1. The molecule has 0 spiro atoms. The molecule has 2 atom stereocenters. The third kappa shape index (κ3) is 2.30. The number of hydrogen-bond donors (Lipinski definition) is 2. The first-order valence-electron chi connectivity index (χ1n) is 5.73. The first-order chi connectivity index (χ1) is 8.31. The first-order valence-corrected chi connectivity index (χ1v) is 7.17. The highest BCUT2D eigenvalue weighted by molar-refractivity contribution is 7.87. The number of carbonyl (C=O) groups is 1. The Hall–Kier alpha value is -0.900. The molecule has 2 N–H and O–H groups in total. The average molecular weight is 280 g/mol. The van der Waals surface area contributed by atoms with E-state index in [0.717, 1.165) is 4.31 Å². The molecule has 0 aromatic heterocycles. The van der Waals surface area contributed by atoms with Crippen LogP contribution >= 0.6 is 0 Å². The van der Waals surface area contributed by atoms with Crippen LogP contribution in [0.5, 0.6) is 0 Å². The summed E-state index contributed by atoms with van der Waals surface area (Å²) < 4.78 is 26.6. The Kier molecular flexibility index (Phi) is 4.54. The zero-order chi connectivity index (χ0) is 14.1. The summed E-state index contributed by atoms with van der Waals surface area (Å²) in [5, 5.41) is 10.1. The second-order valence-corrected chi connectivity index (χ2v) is 5.84. The van der Waals surface area contributed by atoms with Gasteiger partial charge in [-0.15, -0.1) is 0 Å². The summed E-state index contributed by atoms with van der Waals surface area (Å²) >= 11 is 0. The van der Waals surface area contributed by atoms with Gasteiger partial charge >= 0.3 is 6.03 Å². The van der Waals surface area contributed by atoms with E-state index in [1.807, 2.05) is 0 Å². The molecule has 0 unspecified atom stereocenters. The van der Waals surface area contributed by atoms with E-state index in [4.69, 9.17) is 0 Å². The Bertz CT molecular complexity index is 413. The summed E-state index contributed by atoms with van der Waals surface area (Å²) in [5.74, 6) is 0. The maximum Gasteiger partial charge on any atom is 0.323 e. The van der Waals surface area contributed by atoms with Gasteiger partial charge in [-0.3, -0.25) is 4.90 Å². The lowest BCUT2D eigenvalue weighted by Crippen LogP contribution is -2.53. The number of nitrogens with zero attached hydrogens (tertiary/aromatic N) is 3. The molecule has 1 fully saturated rings. The molecule has 0 bridgehead atoms. The smallest absolute Gasteiger partial charge is 0.323 e. The minimum atomic E-state index is -3.71. The molecule has 1 aliphatic heterocycles. The van der Waals surface area contributed by atoms with Crippen LogP contribution in [0.2, 0.25) is 0 Å². The van der Waals surface area contributed by atoms with E-state index in [1.54, 1.807) is 13.8 Å². The largest absolute Gasteiger partial charge is 0.370 e. The molecule has 0 aromatic carbocycles. The Labute approximate surface area is 107 Å². The van der Waals surface area contributed by atoms with Gasteiger partial charge in [-0.1, -0.05) is 0 Å². The summed E-state index contributed by atoms with van der Waals surface area (Å²) in [4.78, 5) is 14.5. The van der Waals surface area contributed by atoms with Crippen molar-refractivity contribution in [3.05, 3.63) is 0 Å². The number of carbonyl (C=O) groups excluding carboxylic acids is 1. The molecular formula is C9H20N4O4S. The van der Waals surface area contributed by atoms with Crippen LogP contribution in [0.4, 0.5) is 4.79 Å². The summed E-state index contributed by atoms with van der Waals surface area (Å²) in [6, 6.07) is -0.365. The van der Waals surface area contributed by atoms with Crippen molar-refractivity contribution in [3.8, 4) is 0 Å². The molecule has 1 aliphatic rings. The van der Waals surface area contributed by atoms with Crippen molar-refractivity contribution in [1.29, 1.82) is 0 Å². The highest BCUT2D eigenvalue weighted by Crippen LogP contribution is 2.24. The van der Waals surface area contributed by atoms with Crippen molar-refractivity contribution < 1.29 is 18.3 Å². The van der Waals surface area contributed by atoms with E-state index in [1.165, 1.54) is 23.9 Å². The highest BCUT2D eigenvalue weighted by Gasteiger charge is 2.48. The molecule has 1 saturated heterocycles. The average Bonchev–Trinajstić information content (AvgIpc) is 2.58. The second kappa shape index (κ2) is 5.39. The van der Waals surface area contributed by atoms with Gasteiger partial charge in [0.25, 0.3) is 10.2 Å². The topological polar surface area (TPSA) is 93.2 Å². The van der Waals surface area contributed by atoms with Gasteiger partial charge < -0.3 is 10.0 Å². The predicted octanol–water partition coefficient (Wildman–Crippen LogP) is -1.20. The molecular weight excluding hydrogens is 260 g/mol. The van der Waals surface area contributed by atoms with E-state index in [9.17, 15) is 18.3 Å². The lowest BCUT2D eigenvalue weighted by molar-refractivity contribution is 0.00107. The fourth-order valence-electron chi connectivity index (χ4n) is 2.03. The van der Waals surface area contributed by atoms with E-state index < -0.39 is 22.6 Å². The number of nitrogens with one attached hydrogen (secondary N) is 1. The summed E-state index contributed by atoms with van der Waals surface area (Å²) in [6.45, 7) is 4.10. The number of amides is 2. The van der Waals surface area contributed by atoms with Gasteiger partial charge in [0.1, 0.15) is 6.17 Å². The van der Waals surface area contributed by atoms with Crippen LogP contribution in [0.1, 0.15) is 13.8 Å². The van der Waals surface area contributed by atoms with Gasteiger partial charge in [-0.25, -0.2) is 9.52 Å². The monoisotopic (exact) mass is 280 g/mol. The van der Waals surface area contributed by atoms with Crippen LogP contribution in [0.3, 0.4) is 0 Å². The number of hydrogen-bond acceptors (Lipinski definition) is 4. The molecule has 2 amide bonds. The van der Waals surface area contributed by atoms with Crippen molar-refractivity contribution in [2.75, 3.05) is 27.2 Å². The number of urea groups is 1. The van der Waals surface area contributed by atoms with E-state index in [-0.39, 0.29) is 6.03 Å². The Morgan fingerprint density at radius 3 is 2.22 bits per heavy atom. The third-order valence-electron chi connectivity index (χ3n) is 3.09. The van der Waals surface area contributed by atoms with Crippen LogP contribution in [0.15, 0.2) is 0 Å². The van der Waals surface area contributed by atoms with Crippen molar-refractivity contribution in [2.24, 2.45) is 0 Å². The zero-order valence-electron chi connectivity index (χ0n) is 11.0. The number of likely N-dealkylation sites (N-methyl/N-ethyl adjacent to an activating group) is 3. The van der Waals surface area contributed by atoms with Gasteiger partial charge in [0.15, 0.2) is 6.23 Å². The molecule has 0 saturated carbocycles. The maximum atomic E-state index is 12.0. The van der Waals surface area contributed by atoms with Crippen LogP contribution in [-0.2, 0) is 10.2 Å². The van der Waals surface area contributed by atoms with E-state index >= 15 is 0 Å². The molecule has 1 heterocycles. The quantitative estimate of drug-likeness (QED) is 0.662. The molecule has 1 rings (SSSR count). The SMILES string of the molecule is CCN1C(=O)N(CC)[C@@H](N(C)S(=O)(=O)NC)[C@@H]1O. The van der Waals surface area contributed by atoms with E-state index in [2.05, 4.69) is 4.72 Å². The van der Waals surface area contributed by atoms with Crippen molar-refractivity contribution >= 4 is 16.2 Å². The van der Waals surface area contributed by atoms with Crippen LogP contribution in [0.25, 0.3) is 0 Å². The molecule has 0 aliphatic carbocycles. The summed E-state index contributed by atoms with van der Waals surface area (Å²) in [6.07, 6.45) is -2.09. The number of rotatable bonds is 5. The summed E-state index contributed by atoms with van der Waals surface area (Å²) in [5.41, 5.74) is 0. The molecule has 18 heavy (non-hydrogen) atoms. The van der Waals surface area contributed by atoms with E-state index in [0.29, 0.717) is 13.1 Å². The van der Waals surface area contributed by atoms with Crippen LogP contribution in [0, 0.1) is 0 Å². The lowest BCUT2D eigenvalue weighted by Gasteiger charge is -2.30. The fourth-order valence-corrected chi connectivity index (χ4v) is 2.82. The molecule has 106 valence electrons. The summed E-state index contributed by atoms with van der Waals surface area (Å²) in [7, 11) is -1.10. The molecule has 0 radical (unpaired) electrons. The third-order valence-corrected chi connectivity index (χ3v) is 4.58. The zero-order valence-corrected chi connectivity index (χ0v) is 11.8. The van der Waals surface area contributed by atoms with Crippen LogP contribution in [-0.4, -0.2) is 73.2 Å². The predicted molar refractivity (Wildman–Crippen MR) is 65.7 cm³/mol. The van der Waals surface area contributed by atoms with Gasteiger partial charge in [-0.2, -0.15) is 12.7 Å². The molecule has 8 nitrogen and oxygen atoms in total. The van der Waals surface area contributed by atoms with Gasteiger partial charge in [0.05, 0.1) is 0 Å². The highest BCUT2D eigenvalue weighted by atomic mass is 32.2. The van der Waals surface area contributed by atoms with Gasteiger partial charge in [0.2, 0.25) is 0 Å².